The van der Waals surface area contributed by atoms with Crippen molar-refractivity contribution in [3.8, 4) is 22.3 Å². The van der Waals surface area contributed by atoms with Crippen LogP contribution in [0.2, 0.25) is 0 Å². The number of para-hydroxylation sites is 1. The zero-order valence-electron chi connectivity index (χ0n) is 23.6. The lowest BCUT2D eigenvalue weighted by molar-refractivity contribution is -0.0893. The molecule has 1 N–H and O–H groups in total. The highest BCUT2D eigenvalue weighted by molar-refractivity contribution is 6.53. The summed E-state index contributed by atoms with van der Waals surface area (Å²) in [7, 11) is 1.75. The van der Waals surface area contributed by atoms with Crippen molar-refractivity contribution < 1.29 is 18.6 Å². The summed E-state index contributed by atoms with van der Waals surface area (Å²) >= 11 is 0. The van der Waals surface area contributed by atoms with Gasteiger partial charge in [-0.3, -0.25) is 0 Å². The van der Waals surface area contributed by atoms with Gasteiger partial charge in [0.25, 0.3) is 0 Å². The van der Waals surface area contributed by atoms with Gasteiger partial charge in [0.05, 0.1) is 11.2 Å². The van der Waals surface area contributed by atoms with Crippen LogP contribution in [0.1, 0.15) is 27.7 Å². The Morgan fingerprint density at radius 3 is 2.15 bits per heavy atom. The minimum absolute atomic E-state index is 0.779. The van der Waals surface area contributed by atoms with Crippen LogP contribution < -0.4 is 5.46 Å². The molecule has 2 aromatic heterocycles. The van der Waals surface area contributed by atoms with Crippen molar-refractivity contribution in [1.29, 1.82) is 0 Å². The lowest BCUT2D eigenvalue weighted by Gasteiger charge is -2.37. The molecule has 5 heteroatoms. The number of rotatable bonds is 6. The Balaban J connectivity index is 1.49. The first-order valence-corrected chi connectivity index (χ1v) is 13.9. The molecule has 0 fully saturated rings. The van der Waals surface area contributed by atoms with Crippen LogP contribution in [0.15, 0.2) is 112 Å². The van der Waals surface area contributed by atoms with E-state index in [-0.39, 0.29) is 0 Å². The van der Waals surface area contributed by atoms with Crippen LogP contribution in [-0.4, -0.2) is 23.8 Å². The quantitative estimate of drug-likeness (QED) is 0.216. The number of benzene rings is 5. The fourth-order valence-electron chi connectivity index (χ4n) is 5.38. The van der Waals surface area contributed by atoms with Crippen molar-refractivity contribution in [3.05, 3.63) is 103 Å². The van der Waals surface area contributed by atoms with Gasteiger partial charge in [0.1, 0.15) is 22.3 Å². The van der Waals surface area contributed by atoms with Gasteiger partial charge in [0, 0.05) is 27.1 Å². The molecular weight excluding hydrogens is 507 g/mol. The Morgan fingerprint density at radius 1 is 0.610 bits per heavy atom. The molecule has 1 radical (unpaired) electrons. The maximum atomic E-state index is 10.7. The minimum Gasteiger partial charge on any atom is -0.456 e. The average molecular weight is 537 g/mol. The summed E-state index contributed by atoms with van der Waals surface area (Å²) in [6.07, 6.45) is 0. The second kappa shape index (κ2) is 9.37. The van der Waals surface area contributed by atoms with Crippen molar-refractivity contribution in [2.75, 3.05) is 0 Å². The minimum atomic E-state index is -1.04. The van der Waals surface area contributed by atoms with Gasteiger partial charge in [-0.05, 0) is 74.1 Å². The molecule has 0 atom stereocenters. The number of hydrogen-bond donors (Lipinski definition) is 1. The molecular formula is C36H30BO4. The summed E-state index contributed by atoms with van der Waals surface area (Å²) in [5, 5.41) is 14.8. The van der Waals surface area contributed by atoms with E-state index in [1.807, 2.05) is 68.4 Å². The lowest BCUT2D eigenvalue weighted by Crippen LogP contribution is -2.49. The van der Waals surface area contributed by atoms with E-state index < -0.39 is 11.2 Å². The van der Waals surface area contributed by atoms with E-state index in [4.69, 9.17) is 13.5 Å². The molecule has 2 heterocycles. The topological polar surface area (TPSA) is 55.7 Å². The molecule has 41 heavy (non-hydrogen) atoms. The third-order valence-electron chi connectivity index (χ3n) is 8.40. The van der Waals surface area contributed by atoms with Gasteiger partial charge in [0.15, 0.2) is 0 Å². The molecule has 7 rings (SSSR count). The zero-order chi connectivity index (χ0) is 28.4. The molecule has 0 aliphatic rings. The highest BCUT2D eigenvalue weighted by Gasteiger charge is 2.36. The van der Waals surface area contributed by atoms with Crippen molar-refractivity contribution in [1.82, 2.24) is 0 Å². The molecule has 4 nitrogen and oxygen atoms in total. The van der Waals surface area contributed by atoms with E-state index in [9.17, 15) is 5.11 Å². The Labute approximate surface area is 239 Å². The summed E-state index contributed by atoms with van der Waals surface area (Å²) in [5.41, 5.74) is 6.58. The molecule has 0 unspecified atom stereocenters. The standard InChI is InChI=1S/C36H30BO4/c1-35(2,38)36(3,4)41-37-28-19-18-25(24-14-10-16-31-32(24)26-13-8-9-15-29(26)39-31)34-33(28)27-21-23(17-20-30(27)40-34)22-11-6-5-7-12-22/h5-21,38H,1-4H3. The monoisotopic (exact) mass is 537 g/mol. The van der Waals surface area contributed by atoms with E-state index >= 15 is 0 Å². The second-order valence-corrected chi connectivity index (χ2v) is 11.7. The van der Waals surface area contributed by atoms with E-state index in [1.165, 1.54) is 0 Å². The van der Waals surface area contributed by atoms with E-state index in [0.717, 1.165) is 71.6 Å². The highest BCUT2D eigenvalue weighted by atomic mass is 16.5. The molecule has 0 saturated carbocycles. The van der Waals surface area contributed by atoms with Gasteiger partial charge in [-0.1, -0.05) is 78.9 Å². The summed E-state index contributed by atoms with van der Waals surface area (Å²) in [6, 6.07) is 35.1. The molecule has 0 bridgehead atoms. The Kier molecular flexibility index (Phi) is 5.86. The Bertz CT molecular complexity index is 2060. The van der Waals surface area contributed by atoms with Crippen LogP contribution in [0, 0.1) is 0 Å². The Hall–Kier alpha value is -4.32. The largest absolute Gasteiger partial charge is 0.456 e. The predicted octanol–water partition coefficient (Wildman–Crippen LogP) is 8.63. The second-order valence-electron chi connectivity index (χ2n) is 11.7. The highest BCUT2D eigenvalue weighted by Crippen LogP contribution is 2.42. The molecule has 5 aromatic carbocycles. The molecule has 0 spiro atoms. The Morgan fingerprint density at radius 2 is 1.34 bits per heavy atom. The summed E-state index contributed by atoms with van der Waals surface area (Å²) in [6.45, 7) is 7.30. The summed E-state index contributed by atoms with van der Waals surface area (Å²) in [5.74, 6) is 0. The van der Waals surface area contributed by atoms with Crippen molar-refractivity contribution >= 4 is 56.8 Å². The summed E-state index contributed by atoms with van der Waals surface area (Å²) in [4.78, 5) is 0. The van der Waals surface area contributed by atoms with Crippen LogP contribution in [-0.2, 0) is 4.65 Å². The lowest BCUT2D eigenvalue weighted by atomic mass is 9.79. The van der Waals surface area contributed by atoms with Crippen LogP contribution in [0.25, 0.3) is 66.1 Å². The molecule has 201 valence electrons. The fourth-order valence-corrected chi connectivity index (χ4v) is 5.38. The molecule has 0 saturated heterocycles. The molecule has 7 aromatic rings. The van der Waals surface area contributed by atoms with E-state index in [0.29, 0.717) is 0 Å². The molecule has 0 aliphatic heterocycles. The van der Waals surface area contributed by atoms with Crippen molar-refractivity contribution in [2.24, 2.45) is 0 Å². The first-order chi connectivity index (χ1) is 19.7. The van der Waals surface area contributed by atoms with Crippen LogP contribution in [0.4, 0.5) is 0 Å². The van der Waals surface area contributed by atoms with Crippen LogP contribution >= 0.6 is 0 Å². The zero-order valence-corrected chi connectivity index (χ0v) is 23.6. The van der Waals surface area contributed by atoms with Gasteiger partial charge in [0.2, 0.25) is 0 Å². The van der Waals surface area contributed by atoms with Gasteiger partial charge in [-0.2, -0.15) is 0 Å². The fraction of sp³-hybridized carbons (Fsp3) is 0.167. The number of hydrogen-bond acceptors (Lipinski definition) is 4. The predicted molar refractivity (Wildman–Crippen MR) is 169 cm³/mol. The molecule has 0 amide bonds. The van der Waals surface area contributed by atoms with Crippen molar-refractivity contribution in [3.63, 3.8) is 0 Å². The van der Waals surface area contributed by atoms with Gasteiger partial charge in [-0.25, -0.2) is 0 Å². The first-order valence-electron chi connectivity index (χ1n) is 13.9. The van der Waals surface area contributed by atoms with Gasteiger partial charge in [-0.15, -0.1) is 0 Å². The maximum absolute atomic E-state index is 10.7. The van der Waals surface area contributed by atoms with Crippen molar-refractivity contribution in [2.45, 2.75) is 38.9 Å². The first kappa shape index (κ1) is 25.6. The third-order valence-corrected chi connectivity index (χ3v) is 8.40. The number of fused-ring (bicyclic) bond motifs is 6. The summed E-state index contributed by atoms with van der Waals surface area (Å²) < 4.78 is 19.1. The third kappa shape index (κ3) is 4.24. The van der Waals surface area contributed by atoms with Crippen LogP contribution in [0.5, 0.6) is 0 Å². The molecule has 0 aliphatic carbocycles. The average Bonchev–Trinajstić information content (AvgIpc) is 3.54. The van der Waals surface area contributed by atoms with Crippen LogP contribution in [0.3, 0.4) is 0 Å². The maximum Gasteiger partial charge on any atom is 0.331 e. The van der Waals surface area contributed by atoms with Gasteiger partial charge >= 0.3 is 7.48 Å². The SMILES string of the molecule is CC(C)(O)C(C)(C)O[B]c1ccc(-c2cccc3oc4ccccc4c23)c2oc3ccc(-c4ccccc4)cc3c12. The number of furan rings is 2. The van der Waals surface area contributed by atoms with E-state index in [2.05, 4.69) is 48.5 Å². The number of aliphatic hydroxyl groups is 1. The van der Waals surface area contributed by atoms with Gasteiger partial charge < -0.3 is 18.6 Å². The smallest absolute Gasteiger partial charge is 0.331 e. The normalized spacial score (nSPS) is 12.6. The van der Waals surface area contributed by atoms with E-state index in [1.54, 1.807) is 21.3 Å².